The van der Waals surface area contributed by atoms with Gasteiger partial charge in [-0.25, -0.2) is 4.98 Å². The summed E-state index contributed by atoms with van der Waals surface area (Å²) in [4.78, 5) is 38.4. The summed E-state index contributed by atoms with van der Waals surface area (Å²) in [5.41, 5.74) is 1.18. The molecule has 10 nitrogen and oxygen atoms in total. The van der Waals surface area contributed by atoms with Crippen molar-refractivity contribution in [3.63, 3.8) is 0 Å². The third-order valence-electron chi connectivity index (χ3n) is 7.90. The van der Waals surface area contributed by atoms with Crippen molar-refractivity contribution in [2.24, 2.45) is 13.0 Å². The smallest absolute Gasteiger partial charge is 0.293 e. The number of aryl methyl sites for hydroxylation is 1. The Balaban J connectivity index is 1.30. The number of carbonyl (C=O) groups excluding carboxylic acids is 1. The second-order valence-electron chi connectivity index (χ2n) is 10.5. The number of halogens is 1. The fraction of sp³-hybridized carbons (Fsp3) is 0.500. The molecule has 4 heterocycles. The summed E-state index contributed by atoms with van der Waals surface area (Å²) in [6, 6.07) is 7.90. The molecule has 1 amide bonds. The Kier molecular flexibility index (Phi) is 8.23. The maximum Gasteiger partial charge on any atom is 0.293 e. The third kappa shape index (κ3) is 6.12. The van der Waals surface area contributed by atoms with Crippen LogP contribution in [0.3, 0.4) is 0 Å². The van der Waals surface area contributed by atoms with Crippen molar-refractivity contribution in [3.8, 4) is 5.75 Å². The van der Waals surface area contributed by atoms with Crippen molar-refractivity contribution in [1.82, 2.24) is 24.8 Å². The lowest BCUT2D eigenvalue weighted by molar-refractivity contribution is -0.122. The number of anilines is 3. The topological polar surface area (TPSA) is 105 Å². The number of fused-ring (bicyclic) bond motifs is 1. The van der Waals surface area contributed by atoms with E-state index in [9.17, 15) is 9.59 Å². The number of benzene rings is 1. The first kappa shape index (κ1) is 27.2. The highest BCUT2D eigenvalue weighted by atomic mass is 35.5. The molecule has 11 heteroatoms. The van der Waals surface area contributed by atoms with Crippen LogP contribution in [-0.2, 0) is 11.8 Å². The molecule has 0 saturated carbocycles. The molecule has 2 aliphatic heterocycles. The van der Waals surface area contributed by atoms with Gasteiger partial charge in [0.05, 0.1) is 11.7 Å². The van der Waals surface area contributed by atoms with Gasteiger partial charge in [0.1, 0.15) is 5.02 Å². The van der Waals surface area contributed by atoms with Gasteiger partial charge in [-0.3, -0.25) is 9.59 Å². The Bertz CT molecular complexity index is 1400. The van der Waals surface area contributed by atoms with E-state index in [1.165, 1.54) is 37.5 Å². The zero-order chi connectivity index (χ0) is 27.5. The number of piperidine rings is 2. The Morgan fingerprint density at radius 3 is 2.59 bits per heavy atom. The zero-order valence-corrected chi connectivity index (χ0v) is 23.5. The van der Waals surface area contributed by atoms with Gasteiger partial charge in [0.15, 0.2) is 18.2 Å². The summed E-state index contributed by atoms with van der Waals surface area (Å²) < 4.78 is 6.98. The van der Waals surface area contributed by atoms with Crippen molar-refractivity contribution in [1.29, 1.82) is 0 Å². The van der Waals surface area contributed by atoms with Gasteiger partial charge in [0, 0.05) is 44.3 Å². The molecule has 0 spiro atoms. The van der Waals surface area contributed by atoms with E-state index in [-0.39, 0.29) is 23.8 Å². The zero-order valence-electron chi connectivity index (χ0n) is 22.7. The molecule has 0 atom stereocenters. The highest BCUT2D eigenvalue weighted by Crippen LogP contribution is 2.29. The van der Waals surface area contributed by atoms with Gasteiger partial charge in [-0.1, -0.05) is 18.5 Å². The van der Waals surface area contributed by atoms with Crippen LogP contribution >= 0.6 is 11.6 Å². The minimum Gasteiger partial charge on any atom is -0.478 e. The number of ether oxygens (including phenoxy) is 1. The Morgan fingerprint density at radius 1 is 1.13 bits per heavy atom. The van der Waals surface area contributed by atoms with Gasteiger partial charge in [-0.15, -0.1) is 0 Å². The van der Waals surface area contributed by atoms with E-state index in [1.807, 2.05) is 18.2 Å². The molecule has 39 heavy (non-hydrogen) atoms. The molecule has 208 valence electrons. The van der Waals surface area contributed by atoms with Gasteiger partial charge in [0.25, 0.3) is 11.5 Å². The summed E-state index contributed by atoms with van der Waals surface area (Å²) >= 11 is 6.48. The van der Waals surface area contributed by atoms with Crippen LogP contribution in [0, 0.1) is 5.92 Å². The maximum atomic E-state index is 12.7. The van der Waals surface area contributed by atoms with E-state index < -0.39 is 0 Å². The fourth-order valence-electron chi connectivity index (χ4n) is 5.41. The van der Waals surface area contributed by atoms with Crippen LogP contribution in [0.2, 0.25) is 5.02 Å². The van der Waals surface area contributed by atoms with Crippen LogP contribution in [0.1, 0.15) is 32.6 Å². The molecule has 1 aromatic carbocycles. The predicted octanol–water partition coefficient (Wildman–Crippen LogP) is 3.55. The van der Waals surface area contributed by atoms with E-state index in [0.29, 0.717) is 22.8 Å². The number of amides is 1. The van der Waals surface area contributed by atoms with Crippen molar-refractivity contribution in [2.45, 2.75) is 38.6 Å². The molecule has 2 aromatic heterocycles. The summed E-state index contributed by atoms with van der Waals surface area (Å²) in [7, 11) is 3.19. The van der Waals surface area contributed by atoms with Gasteiger partial charge in [-0.05, 0) is 69.0 Å². The Morgan fingerprint density at radius 2 is 1.87 bits per heavy atom. The molecule has 2 saturated heterocycles. The number of nitrogens with one attached hydrogen (secondary N) is 2. The van der Waals surface area contributed by atoms with Crippen LogP contribution in [0.25, 0.3) is 10.9 Å². The fourth-order valence-corrected chi connectivity index (χ4v) is 5.55. The number of likely N-dealkylation sites (tertiary alicyclic amines) is 1. The summed E-state index contributed by atoms with van der Waals surface area (Å²) in [5, 5.41) is 6.99. The standard InChI is InChI=1S/C28H36ClN7O3/c1-18-6-10-35(11-7-18)21-8-12-36(13-9-21)28-31-16-22(29)26(33-28)32-20-4-5-23-19(14-20)15-24(27(38)34(23)3)39-17-25(37)30-2/h4-5,14-16,18,21H,6-13,17H2,1-3H3,(H,30,37)(H,31,32,33). The van der Waals surface area contributed by atoms with Gasteiger partial charge >= 0.3 is 0 Å². The summed E-state index contributed by atoms with van der Waals surface area (Å²) in [6.45, 7) is 6.37. The maximum absolute atomic E-state index is 12.7. The van der Waals surface area contributed by atoms with Crippen LogP contribution < -0.4 is 25.8 Å². The van der Waals surface area contributed by atoms with Crippen molar-refractivity contribution < 1.29 is 9.53 Å². The van der Waals surface area contributed by atoms with Crippen LogP contribution in [0.5, 0.6) is 5.75 Å². The lowest BCUT2D eigenvalue weighted by Gasteiger charge is -2.41. The van der Waals surface area contributed by atoms with E-state index >= 15 is 0 Å². The minimum absolute atomic E-state index is 0.107. The van der Waals surface area contributed by atoms with E-state index in [1.54, 1.807) is 19.3 Å². The highest BCUT2D eigenvalue weighted by Gasteiger charge is 2.28. The number of nitrogens with zero attached hydrogens (tertiary/aromatic N) is 5. The SMILES string of the molecule is CNC(=O)COc1cc2cc(Nc3nc(N4CCC(N5CCC(C)CC5)CC4)ncc3Cl)ccc2n(C)c1=O. The van der Waals surface area contributed by atoms with Gasteiger partial charge in [-0.2, -0.15) is 4.98 Å². The highest BCUT2D eigenvalue weighted by molar-refractivity contribution is 6.32. The molecule has 0 radical (unpaired) electrons. The number of aromatic nitrogens is 3. The average Bonchev–Trinajstić information content (AvgIpc) is 2.95. The average molecular weight is 554 g/mol. The second-order valence-corrected chi connectivity index (χ2v) is 10.9. The molecule has 2 N–H and O–H groups in total. The van der Waals surface area contributed by atoms with Crippen LogP contribution in [0.15, 0.2) is 35.3 Å². The van der Waals surface area contributed by atoms with E-state index in [4.69, 9.17) is 21.3 Å². The third-order valence-corrected chi connectivity index (χ3v) is 8.18. The largest absolute Gasteiger partial charge is 0.478 e. The number of carbonyl (C=O) groups is 1. The van der Waals surface area contributed by atoms with Gasteiger partial charge < -0.3 is 29.7 Å². The molecular formula is C28H36ClN7O3. The first-order chi connectivity index (χ1) is 18.8. The van der Waals surface area contributed by atoms with Gasteiger partial charge in [0.2, 0.25) is 5.95 Å². The van der Waals surface area contributed by atoms with E-state index in [2.05, 4.69) is 32.3 Å². The molecule has 2 fully saturated rings. The quantitative estimate of drug-likeness (QED) is 0.458. The Labute approximate surface area is 233 Å². The Hall–Kier alpha value is -3.37. The monoisotopic (exact) mass is 553 g/mol. The molecule has 2 aliphatic rings. The molecule has 0 aliphatic carbocycles. The molecule has 0 unspecified atom stereocenters. The van der Waals surface area contributed by atoms with E-state index in [0.717, 1.165) is 48.4 Å². The van der Waals surface area contributed by atoms with Crippen LogP contribution in [-0.4, -0.2) is 71.2 Å². The lowest BCUT2D eigenvalue weighted by Crippen LogP contribution is -2.48. The minimum atomic E-state index is -0.313. The molecule has 3 aromatic rings. The van der Waals surface area contributed by atoms with Crippen molar-refractivity contribution in [2.75, 3.05) is 50.1 Å². The number of rotatable bonds is 7. The number of likely N-dealkylation sites (N-methyl/N-ethyl adjacent to an activating group) is 1. The number of hydrogen-bond acceptors (Lipinski definition) is 8. The van der Waals surface area contributed by atoms with Crippen LogP contribution in [0.4, 0.5) is 17.5 Å². The summed E-state index contributed by atoms with van der Waals surface area (Å²) in [6.07, 6.45) is 6.45. The second kappa shape index (κ2) is 11.8. The summed E-state index contributed by atoms with van der Waals surface area (Å²) in [5.74, 6) is 1.83. The predicted molar refractivity (Wildman–Crippen MR) is 154 cm³/mol. The normalized spacial score (nSPS) is 17.4. The number of hydrogen-bond donors (Lipinski definition) is 2. The number of pyridine rings is 1. The lowest BCUT2D eigenvalue weighted by atomic mass is 9.95. The van der Waals surface area contributed by atoms with Crippen molar-refractivity contribution >= 4 is 45.9 Å². The molecule has 5 rings (SSSR count). The first-order valence-electron chi connectivity index (χ1n) is 13.6. The molecular weight excluding hydrogens is 518 g/mol. The molecule has 0 bridgehead atoms. The van der Waals surface area contributed by atoms with Crippen molar-refractivity contribution in [3.05, 3.63) is 45.8 Å². The first-order valence-corrected chi connectivity index (χ1v) is 14.0.